The second kappa shape index (κ2) is 7.15. The van der Waals surface area contributed by atoms with Crippen molar-refractivity contribution in [2.75, 3.05) is 18.6 Å². The number of anilines is 1. The first-order chi connectivity index (χ1) is 12.4. The van der Waals surface area contributed by atoms with E-state index in [2.05, 4.69) is 22.1 Å². The molecule has 1 aromatic carbocycles. The molecular formula is C20H24N4O2. The summed E-state index contributed by atoms with van der Waals surface area (Å²) in [5, 5.41) is 0.949. The summed E-state index contributed by atoms with van der Waals surface area (Å²) in [6, 6.07) is 4.17. The third kappa shape index (κ3) is 3.27. The van der Waals surface area contributed by atoms with E-state index in [0.717, 1.165) is 33.5 Å². The third-order valence-corrected chi connectivity index (χ3v) is 4.45. The molecule has 0 spiro atoms. The van der Waals surface area contributed by atoms with Gasteiger partial charge in [0, 0.05) is 38.1 Å². The fourth-order valence-electron chi connectivity index (χ4n) is 3.26. The number of carbonyl (C=O) groups excluding carboxylic acids is 1. The van der Waals surface area contributed by atoms with Gasteiger partial charge in [0.05, 0.1) is 24.4 Å². The van der Waals surface area contributed by atoms with E-state index < -0.39 is 0 Å². The molecule has 0 aliphatic heterocycles. The van der Waals surface area contributed by atoms with Crippen LogP contribution in [-0.4, -0.2) is 34.2 Å². The summed E-state index contributed by atoms with van der Waals surface area (Å²) >= 11 is 0. The topological polar surface area (TPSA) is 60.2 Å². The Morgan fingerprint density at radius 2 is 2.04 bits per heavy atom. The molecule has 0 aliphatic carbocycles. The van der Waals surface area contributed by atoms with Crippen LogP contribution in [0, 0.1) is 13.8 Å². The Hall–Kier alpha value is -2.89. The van der Waals surface area contributed by atoms with Crippen LogP contribution in [0.3, 0.4) is 0 Å². The summed E-state index contributed by atoms with van der Waals surface area (Å²) in [5.41, 5.74) is 4.40. The van der Waals surface area contributed by atoms with E-state index in [1.165, 1.54) is 0 Å². The van der Waals surface area contributed by atoms with E-state index in [9.17, 15) is 4.79 Å². The minimum atomic E-state index is -0.359. The molecule has 2 heterocycles. The number of pyridine rings is 1. The van der Waals surface area contributed by atoms with Gasteiger partial charge in [0.25, 0.3) is 0 Å². The van der Waals surface area contributed by atoms with E-state index in [0.29, 0.717) is 18.7 Å². The standard InChI is InChI=1S/C20H24N4O2/c1-6-26-20(25)16-11-22-18-14(3)9-13(2)10-15(18)19(16)24(5)12-17-21-7-8-23(17)4/h7-11H,6,12H2,1-5H3. The molecule has 0 atom stereocenters. The molecule has 0 radical (unpaired) electrons. The summed E-state index contributed by atoms with van der Waals surface area (Å²) in [6.07, 6.45) is 5.30. The van der Waals surface area contributed by atoms with Crippen molar-refractivity contribution in [3.05, 3.63) is 53.2 Å². The lowest BCUT2D eigenvalue weighted by molar-refractivity contribution is 0.0527. The summed E-state index contributed by atoms with van der Waals surface area (Å²) in [4.78, 5) is 23.5. The normalized spacial score (nSPS) is 11.0. The highest BCUT2D eigenvalue weighted by Gasteiger charge is 2.21. The highest BCUT2D eigenvalue weighted by Crippen LogP contribution is 2.32. The van der Waals surface area contributed by atoms with Crippen LogP contribution in [0.25, 0.3) is 10.9 Å². The maximum Gasteiger partial charge on any atom is 0.341 e. The maximum absolute atomic E-state index is 12.5. The second-order valence-corrected chi connectivity index (χ2v) is 6.53. The van der Waals surface area contributed by atoms with E-state index in [4.69, 9.17) is 4.74 Å². The van der Waals surface area contributed by atoms with Crippen molar-refractivity contribution in [2.45, 2.75) is 27.3 Å². The fourth-order valence-corrected chi connectivity index (χ4v) is 3.26. The van der Waals surface area contributed by atoms with Gasteiger partial charge in [-0.3, -0.25) is 4.98 Å². The van der Waals surface area contributed by atoms with Gasteiger partial charge >= 0.3 is 5.97 Å². The number of ether oxygens (including phenoxy) is 1. The van der Waals surface area contributed by atoms with Crippen molar-refractivity contribution in [1.82, 2.24) is 14.5 Å². The van der Waals surface area contributed by atoms with Crippen molar-refractivity contribution < 1.29 is 9.53 Å². The zero-order chi connectivity index (χ0) is 18.8. The summed E-state index contributed by atoms with van der Waals surface area (Å²) < 4.78 is 7.23. The Labute approximate surface area is 153 Å². The monoisotopic (exact) mass is 352 g/mol. The highest BCUT2D eigenvalue weighted by molar-refractivity contribution is 6.06. The average molecular weight is 352 g/mol. The van der Waals surface area contributed by atoms with Crippen LogP contribution < -0.4 is 4.90 Å². The number of nitrogens with zero attached hydrogens (tertiary/aromatic N) is 4. The van der Waals surface area contributed by atoms with Gasteiger partial charge in [-0.05, 0) is 32.4 Å². The van der Waals surface area contributed by atoms with Crippen LogP contribution in [0.15, 0.2) is 30.7 Å². The molecular weight excluding hydrogens is 328 g/mol. The Bertz CT molecular complexity index is 962. The highest BCUT2D eigenvalue weighted by atomic mass is 16.5. The van der Waals surface area contributed by atoms with Gasteiger partial charge in [0.15, 0.2) is 0 Å². The molecule has 26 heavy (non-hydrogen) atoms. The Balaban J connectivity index is 2.19. The van der Waals surface area contributed by atoms with Gasteiger partial charge in [-0.2, -0.15) is 0 Å². The van der Waals surface area contributed by atoms with Crippen molar-refractivity contribution in [1.29, 1.82) is 0 Å². The molecule has 136 valence electrons. The van der Waals surface area contributed by atoms with Crippen LogP contribution in [0.5, 0.6) is 0 Å². The largest absolute Gasteiger partial charge is 0.462 e. The predicted molar refractivity (Wildman–Crippen MR) is 102 cm³/mol. The van der Waals surface area contributed by atoms with Crippen LogP contribution in [0.2, 0.25) is 0 Å². The van der Waals surface area contributed by atoms with E-state index in [1.54, 1.807) is 19.3 Å². The average Bonchev–Trinajstić information content (AvgIpc) is 2.98. The first-order valence-electron chi connectivity index (χ1n) is 8.66. The fraction of sp³-hybridized carbons (Fsp3) is 0.350. The second-order valence-electron chi connectivity index (χ2n) is 6.53. The van der Waals surface area contributed by atoms with Gasteiger partial charge < -0.3 is 14.2 Å². The van der Waals surface area contributed by atoms with Crippen LogP contribution in [0.4, 0.5) is 5.69 Å². The smallest absolute Gasteiger partial charge is 0.341 e. The van der Waals surface area contributed by atoms with Crippen LogP contribution in [-0.2, 0) is 18.3 Å². The lowest BCUT2D eigenvalue weighted by Crippen LogP contribution is -2.23. The third-order valence-electron chi connectivity index (χ3n) is 4.45. The Morgan fingerprint density at radius 1 is 1.27 bits per heavy atom. The number of aromatic nitrogens is 3. The van der Waals surface area contributed by atoms with Crippen LogP contribution in [0.1, 0.15) is 34.2 Å². The molecule has 0 unspecified atom stereocenters. The Kier molecular flexibility index (Phi) is 4.93. The van der Waals surface area contributed by atoms with E-state index in [-0.39, 0.29) is 5.97 Å². The number of aryl methyl sites for hydroxylation is 3. The maximum atomic E-state index is 12.5. The molecule has 0 aliphatic rings. The van der Waals surface area contributed by atoms with Crippen molar-refractivity contribution in [3.8, 4) is 0 Å². The number of esters is 1. The van der Waals surface area contributed by atoms with E-state index in [1.807, 2.05) is 43.6 Å². The number of carbonyl (C=O) groups is 1. The van der Waals surface area contributed by atoms with Gasteiger partial charge in [-0.1, -0.05) is 11.6 Å². The summed E-state index contributed by atoms with van der Waals surface area (Å²) in [5.74, 6) is 0.555. The molecule has 3 aromatic rings. The van der Waals surface area contributed by atoms with Gasteiger partial charge in [-0.25, -0.2) is 9.78 Å². The SMILES string of the molecule is CCOC(=O)c1cnc2c(C)cc(C)cc2c1N(C)Cc1nccn1C. The number of benzene rings is 1. The number of hydrogen-bond donors (Lipinski definition) is 0. The minimum Gasteiger partial charge on any atom is -0.462 e. The zero-order valence-corrected chi connectivity index (χ0v) is 15.9. The first-order valence-corrected chi connectivity index (χ1v) is 8.66. The van der Waals surface area contributed by atoms with Crippen molar-refractivity contribution in [2.24, 2.45) is 7.05 Å². The van der Waals surface area contributed by atoms with Gasteiger partial charge in [0.2, 0.25) is 0 Å². The number of hydrogen-bond acceptors (Lipinski definition) is 5. The van der Waals surface area contributed by atoms with E-state index >= 15 is 0 Å². The molecule has 3 rings (SSSR count). The molecule has 0 saturated carbocycles. The number of imidazole rings is 1. The minimum absolute atomic E-state index is 0.326. The first kappa shape index (κ1) is 17.9. The predicted octanol–water partition coefficient (Wildman–Crippen LogP) is 3.40. The van der Waals surface area contributed by atoms with Crippen molar-refractivity contribution >= 4 is 22.6 Å². The molecule has 0 N–H and O–H groups in total. The molecule has 0 fully saturated rings. The number of fused-ring (bicyclic) bond motifs is 1. The van der Waals surface area contributed by atoms with Gasteiger partial charge in [-0.15, -0.1) is 0 Å². The molecule has 0 saturated heterocycles. The van der Waals surface area contributed by atoms with Crippen LogP contribution >= 0.6 is 0 Å². The molecule has 6 nitrogen and oxygen atoms in total. The lowest BCUT2D eigenvalue weighted by atomic mass is 10.0. The zero-order valence-electron chi connectivity index (χ0n) is 15.9. The molecule has 0 bridgehead atoms. The summed E-state index contributed by atoms with van der Waals surface area (Å²) in [7, 11) is 3.92. The van der Waals surface area contributed by atoms with Gasteiger partial charge in [0.1, 0.15) is 11.4 Å². The van der Waals surface area contributed by atoms with Crippen molar-refractivity contribution in [3.63, 3.8) is 0 Å². The molecule has 0 amide bonds. The quantitative estimate of drug-likeness (QED) is 0.659. The molecule has 2 aromatic heterocycles. The lowest BCUT2D eigenvalue weighted by Gasteiger charge is -2.24. The summed E-state index contributed by atoms with van der Waals surface area (Å²) in [6.45, 7) is 6.78. The molecule has 6 heteroatoms. The Morgan fingerprint density at radius 3 is 2.69 bits per heavy atom. The number of rotatable bonds is 5.